The van der Waals surface area contributed by atoms with E-state index >= 15 is 0 Å². The number of nitrogens with two attached hydrogens (primary N) is 2. The van der Waals surface area contributed by atoms with Crippen LogP contribution in [0.4, 0.5) is 0 Å². The molecule has 2 aliphatic rings. The first-order chi connectivity index (χ1) is 14.1. The first-order valence-electron chi connectivity index (χ1n) is 11.9. The van der Waals surface area contributed by atoms with Crippen molar-refractivity contribution in [1.29, 1.82) is 0 Å². The third-order valence-corrected chi connectivity index (χ3v) is 7.72. The summed E-state index contributed by atoms with van der Waals surface area (Å²) in [7, 11) is 0. The van der Waals surface area contributed by atoms with Gasteiger partial charge in [0.05, 0.1) is 0 Å². The van der Waals surface area contributed by atoms with Crippen molar-refractivity contribution in [3.8, 4) is 11.1 Å². The minimum atomic E-state index is 0.395. The zero-order valence-electron chi connectivity index (χ0n) is 18.0. The highest BCUT2D eigenvalue weighted by molar-refractivity contribution is 5.64. The second-order valence-electron chi connectivity index (χ2n) is 9.54. The lowest BCUT2D eigenvalue weighted by Crippen LogP contribution is -2.32. The minimum Gasteiger partial charge on any atom is -0.328 e. The molecule has 0 bridgehead atoms. The van der Waals surface area contributed by atoms with E-state index < -0.39 is 0 Å². The lowest BCUT2D eigenvalue weighted by atomic mass is 9.75. The van der Waals surface area contributed by atoms with Crippen LogP contribution in [0.5, 0.6) is 0 Å². The molecule has 0 heterocycles. The summed E-state index contributed by atoms with van der Waals surface area (Å²) in [6.07, 6.45) is 11.1. The van der Waals surface area contributed by atoms with Crippen molar-refractivity contribution < 1.29 is 0 Å². The van der Waals surface area contributed by atoms with Crippen LogP contribution in [-0.2, 0) is 0 Å². The van der Waals surface area contributed by atoms with E-state index in [4.69, 9.17) is 11.5 Å². The van der Waals surface area contributed by atoms with Crippen LogP contribution in [0.25, 0.3) is 11.1 Å². The lowest BCUT2D eigenvalue weighted by molar-refractivity contribution is 0.277. The van der Waals surface area contributed by atoms with E-state index in [0.29, 0.717) is 23.9 Å². The van der Waals surface area contributed by atoms with E-state index in [0.717, 1.165) is 12.3 Å². The fourth-order valence-corrected chi connectivity index (χ4v) is 5.56. The summed E-state index contributed by atoms with van der Waals surface area (Å²) in [6, 6.07) is 19.4. The maximum atomic E-state index is 6.27. The molecule has 0 aromatic heterocycles. The Balaban J connectivity index is 1.37. The molecule has 4 N–H and O–H groups in total. The van der Waals surface area contributed by atoms with Gasteiger partial charge in [0.25, 0.3) is 0 Å². The van der Waals surface area contributed by atoms with Crippen LogP contribution >= 0.6 is 0 Å². The molecule has 2 saturated carbocycles. The Morgan fingerprint density at radius 3 is 1.52 bits per heavy atom. The molecule has 4 rings (SSSR count). The number of hydrogen-bond acceptors (Lipinski definition) is 2. The summed E-state index contributed by atoms with van der Waals surface area (Å²) < 4.78 is 0. The van der Waals surface area contributed by atoms with Gasteiger partial charge in [-0.15, -0.1) is 0 Å². The molecule has 1 unspecified atom stereocenters. The monoisotopic (exact) mass is 390 g/mol. The quantitative estimate of drug-likeness (QED) is 0.625. The van der Waals surface area contributed by atoms with Crippen molar-refractivity contribution in [1.82, 2.24) is 0 Å². The average Bonchev–Trinajstić information content (AvgIpc) is 2.79. The molecule has 2 fully saturated rings. The molecule has 0 saturated heterocycles. The van der Waals surface area contributed by atoms with Crippen molar-refractivity contribution >= 4 is 0 Å². The van der Waals surface area contributed by atoms with Gasteiger partial charge in [-0.1, -0.05) is 55.5 Å². The third-order valence-electron chi connectivity index (χ3n) is 7.72. The molecule has 156 valence electrons. The summed E-state index contributed by atoms with van der Waals surface area (Å²) in [5.41, 5.74) is 18.0. The zero-order valence-corrected chi connectivity index (χ0v) is 18.0. The van der Waals surface area contributed by atoms with E-state index in [1.54, 1.807) is 0 Å². The molecule has 2 aromatic rings. The Bertz CT molecular complexity index is 748. The SMILES string of the molecule is CCC(N)C1CCC(c2ccc(-c3ccc(C4CCC(N)CC4)cc3)cc2)CC1. The summed E-state index contributed by atoms with van der Waals surface area (Å²) in [6.45, 7) is 2.21. The highest BCUT2D eigenvalue weighted by atomic mass is 14.6. The van der Waals surface area contributed by atoms with Crippen LogP contribution in [0, 0.1) is 5.92 Å². The fourth-order valence-electron chi connectivity index (χ4n) is 5.56. The van der Waals surface area contributed by atoms with Gasteiger partial charge < -0.3 is 11.5 Å². The predicted octanol–water partition coefficient (Wildman–Crippen LogP) is 6.35. The molecule has 2 nitrogen and oxygen atoms in total. The van der Waals surface area contributed by atoms with E-state index in [-0.39, 0.29) is 0 Å². The molecule has 29 heavy (non-hydrogen) atoms. The Labute approximate surface area is 177 Å². The molecule has 0 aliphatic heterocycles. The topological polar surface area (TPSA) is 52.0 Å². The molecular weight excluding hydrogens is 352 g/mol. The summed E-state index contributed by atoms with van der Waals surface area (Å²) in [5, 5.41) is 0. The van der Waals surface area contributed by atoms with Crippen molar-refractivity contribution in [3.05, 3.63) is 59.7 Å². The highest BCUT2D eigenvalue weighted by Gasteiger charge is 2.25. The van der Waals surface area contributed by atoms with Crippen LogP contribution in [0.1, 0.15) is 87.7 Å². The van der Waals surface area contributed by atoms with E-state index in [1.807, 2.05) is 0 Å². The second-order valence-corrected chi connectivity index (χ2v) is 9.54. The van der Waals surface area contributed by atoms with Gasteiger partial charge in [0, 0.05) is 12.1 Å². The van der Waals surface area contributed by atoms with Crippen LogP contribution in [0.2, 0.25) is 0 Å². The van der Waals surface area contributed by atoms with Gasteiger partial charge in [-0.3, -0.25) is 0 Å². The van der Waals surface area contributed by atoms with Gasteiger partial charge in [0.1, 0.15) is 0 Å². The lowest BCUT2D eigenvalue weighted by Gasteiger charge is -2.32. The number of benzene rings is 2. The Morgan fingerprint density at radius 1 is 0.690 bits per heavy atom. The molecule has 0 radical (unpaired) electrons. The molecule has 2 aliphatic carbocycles. The average molecular weight is 391 g/mol. The third kappa shape index (κ3) is 4.92. The van der Waals surface area contributed by atoms with Gasteiger partial charge in [0.2, 0.25) is 0 Å². The van der Waals surface area contributed by atoms with Crippen molar-refractivity contribution in [2.75, 3.05) is 0 Å². The van der Waals surface area contributed by atoms with E-state index in [1.165, 1.54) is 73.6 Å². The maximum absolute atomic E-state index is 6.27. The van der Waals surface area contributed by atoms with Gasteiger partial charge >= 0.3 is 0 Å². The molecule has 0 spiro atoms. The largest absolute Gasteiger partial charge is 0.328 e. The Kier molecular flexibility index (Phi) is 6.72. The summed E-state index contributed by atoms with van der Waals surface area (Å²) in [4.78, 5) is 0. The summed E-state index contributed by atoms with van der Waals surface area (Å²) >= 11 is 0. The van der Waals surface area contributed by atoms with Crippen molar-refractivity contribution in [2.45, 2.75) is 88.6 Å². The van der Waals surface area contributed by atoms with Gasteiger partial charge in [-0.25, -0.2) is 0 Å². The van der Waals surface area contributed by atoms with Gasteiger partial charge in [-0.05, 0) is 97.8 Å². The van der Waals surface area contributed by atoms with Gasteiger partial charge in [-0.2, -0.15) is 0 Å². The number of rotatable bonds is 5. The van der Waals surface area contributed by atoms with Crippen molar-refractivity contribution in [2.24, 2.45) is 17.4 Å². The Hall–Kier alpha value is -1.64. The first-order valence-corrected chi connectivity index (χ1v) is 11.9. The maximum Gasteiger partial charge on any atom is 0.00645 e. The summed E-state index contributed by atoms with van der Waals surface area (Å²) in [5.74, 6) is 2.14. The first kappa shape index (κ1) is 20.6. The van der Waals surface area contributed by atoms with E-state index in [2.05, 4.69) is 55.5 Å². The predicted molar refractivity (Wildman–Crippen MR) is 124 cm³/mol. The fraction of sp³-hybridized carbons (Fsp3) is 0.556. The minimum absolute atomic E-state index is 0.395. The highest BCUT2D eigenvalue weighted by Crippen LogP contribution is 2.38. The van der Waals surface area contributed by atoms with Crippen LogP contribution < -0.4 is 11.5 Å². The molecule has 1 atom stereocenters. The van der Waals surface area contributed by atoms with Crippen LogP contribution in [0.3, 0.4) is 0 Å². The normalized spacial score (nSPS) is 28.8. The second kappa shape index (κ2) is 9.45. The van der Waals surface area contributed by atoms with Gasteiger partial charge in [0.15, 0.2) is 0 Å². The van der Waals surface area contributed by atoms with Crippen molar-refractivity contribution in [3.63, 3.8) is 0 Å². The molecule has 2 heteroatoms. The molecular formula is C27H38N2. The van der Waals surface area contributed by atoms with Crippen LogP contribution in [-0.4, -0.2) is 12.1 Å². The van der Waals surface area contributed by atoms with E-state index in [9.17, 15) is 0 Å². The zero-order chi connectivity index (χ0) is 20.2. The smallest absolute Gasteiger partial charge is 0.00645 e. The number of hydrogen-bond donors (Lipinski definition) is 2. The molecule has 0 amide bonds. The molecule has 2 aromatic carbocycles. The standard InChI is InChI=1S/C27H38N2/c1-2-27(29)25-13-11-23(12-14-25)21-5-3-19(4-6-21)20-7-9-22(10-8-20)24-15-17-26(28)18-16-24/h3-10,23-27H,2,11-18,28-29H2,1H3. The Morgan fingerprint density at radius 2 is 1.10 bits per heavy atom. The van der Waals surface area contributed by atoms with Crippen LogP contribution in [0.15, 0.2) is 48.5 Å².